The van der Waals surface area contributed by atoms with Gasteiger partial charge in [-0.1, -0.05) is 13.8 Å². The highest BCUT2D eigenvalue weighted by molar-refractivity contribution is 5.74. The number of aliphatic carboxylic acids is 1. The van der Waals surface area contributed by atoms with Crippen LogP contribution in [-0.2, 0) is 4.79 Å². The van der Waals surface area contributed by atoms with Crippen LogP contribution in [0.15, 0.2) is 0 Å². The van der Waals surface area contributed by atoms with Crippen LogP contribution in [0, 0.1) is 5.92 Å². The maximum atomic E-state index is 11.7. The Morgan fingerprint density at radius 3 is 2.35 bits per heavy atom. The minimum absolute atomic E-state index is 0.0106. The van der Waals surface area contributed by atoms with E-state index < -0.39 is 5.97 Å². The predicted molar refractivity (Wildman–Crippen MR) is 66.9 cm³/mol. The highest BCUT2D eigenvalue weighted by atomic mass is 16.4. The zero-order chi connectivity index (χ0) is 13.4. The van der Waals surface area contributed by atoms with Gasteiger partial charge in [-0.3, -0.25) is 4.79 Å². The Kier molecular flexibility index (Phi) is 7.34. The monoisotopic (exact) mass is 244 g/mol. The number of hydrogen-bond donors (Lipinski definition) is 2. The Hall–Kier alpha value is -1.26. The van der Waals surface area contributed by atoms with Crippen LogP contribution >= 0.6 is 0 Å². The summed E-state index contributed by atoms with van der Waals surface area (Å²) in [6, 6.07) is -0.0852. The van der Waals surface area contributed by atoms with E-state index in [1.165, 1.54) is 0 Å². The first kappa shape index (κ1) is 15.7. The number of amides is 2. The van der Waals surface area contributed by atoms with Crippen molar-refractivity contribution in [3.8, 4) is 0 Å². The Morgan fingerprint density at radius 2 is 1.88 bits per heavy atom. The summed E-state index contributed by atoms with van der Waals surface area (Å²) >= 11 is 0. The molecule has 0 heterocycles. The summed E-state index contributed by atoms with van der Waals surface area (Å²) in [5, 5.41) is 11.4. The number of urea groups is 1. The Labute approximate surface area is 103 Å². The summed E-state index contributed by atoms with van der Waals surface area (Å²) in [6.45, 7) is 6.72. The quantitative estimate of drug-likeness (QED) is 0.719. The van der Waals surface area contributed by atoms with Crippen molar-refractivity contribution in [1.29, 1.82) is 0 Å². The molecular formula is C12H24N2O3. The average Bonchev–Trinajstić information content (AvgIpc) is 2.15. The first-order valence-electron chi connectivity index (χ1n) is 6.06. The molecule has 0 bridgehead atoms. The molecule has 5 heteroatoms. The van der Waals surface area contributed by atoms with Crippen molar-refractivity contribution >= 4 is 12.0 Å². The molecule has 0 rings (SSSR count). The summed E-state index contributed by atoms with van der Waals surface area (Å²) in [6.07, 6.45) is 1.43. The van der Waals surface area contributed by atoms with E-state index in [1.807, 2.05) is 6.92 Å². The van der Waals surface area contributed by atoms with E-state index in [0.717, 1.165) is 0 Å². The third-order valence-corrected chi connectivity index (χ3v) is 2.38. The lowest BCUT2D eigenvalue weighted by Gasteiger charge is -2.22. The van der Waals surface area contributed by atoms with Crippen LogP contribution in [0.25, 0.3) is 0 Å². The van der Waals surface area contributed by atoms with E-state index >= 15 is 0 Å². The molecule has 0 saturated heterocycles. The number of rotatable bonds is 7. The highest BCUT2D eigenvalue weighted by Crippen LogP contribution is 2.02. The summed E-state index contributed by atoms with van der Waals surface area (Å²) < 4.78 is 0. The van der Waals surface area contributed by atoms with Crippen LogP contribution in [0.1, 0.15) is 40.0 Å². The van der Waals surface area contributed by atoms with Gasteiger partial charge in [-0.2, -0.15) is 0 Å². The lowest BCUT2D eigenvalue weighted by Crippen LogP contribution is -2.43. The summed E-state index contributed by atoms with van der Waals surface area (Å²) in [5.74, 6) is -0.353. The molecule has 2 amide bonds. The van der Waals surface area contributed by atoms with Gasteiger partial charge in [0.25, 0.3) is 0 Å². The van der Waals surface area contributed by atoms with Gasteiger partial charge in [0.2, 0.25) is 0 Å². The molecule has 0 aromatic heterocycles. The molecule has 0 aromatic carbocycles. The third-order valence-electron chi connectivity index (χ3n) is 2.38. The first-order chi connectivity index (χ1) is 7.82. The van der Waals surface area contributed by atoms with Crippen LogP contribution in [0.3, 0.4) is 0 Å². The van der Waals surface area contributed by atoms with Crippen molar-refractivity contribution < 1.29 is 14.7 Å². The zero-order valence-electron chi connectivity index (χ0n) is 11.2. The molecule has 0 saturated carbocycles. The molecule has 0 aliphatic carbocycles. The fourth-order valence-corrected chi connectivity index (χ4v) is 1.58. The number of carbonyl (C=O) groups is 2. The van der Waals surface area contributed by atoms with Gasteiger partial charge in [0.15, 0.2) is 0 Å². The van der Waals surface area contributed by atoms with Gasteiger partial charge >= 0.3 is 12.0 Å². The van der Waals surface area contributed by atoms with Gasteiger partial charge < -0.3 is 15.3 Å². The summed E-state index contributed by atoms with van der Waals surface area (Å²) in [4.78, 5) is 23.7. The molecule has 0 radical (unpaired) electrons. The lowest BCUT2D eigenvalue weighted by molar-refractivity contribution is -0.137. The molecule has 17 heavy (non-hydrogen) atoms. The van der Waals surface area contributed by atoms with E-state index in [1.54, 1.807) is 11.9 Å². The van der Waals surface area contributed by atoms with Crippen LogP contribution in [0.4, 0.5) is 4.79 Å². The number of nitrogens with zero attached hydrogens (tertiary/aromatic N) is 1. The lowest BCUT2D eigenvalue weighted by atomic mass is 10.1. The van der Waals surface area contributed by atoms with E-state index in [2.05, 4.69) is 19.2 Å². The van der Waals surface area contributed by atoms with Gasteiger partial charge in [-0.15, -0.1) is 0 Å². The second-order valence-corrected chi connectivity index (χ2v) is 4.91. The van der Waals surface area contributed by atoms with Crippen molar-refractivity contribution in [2.45, 2.75) is 46.1 Å². The molecule has 1 unspecified atom stereocenters. The standard InChI is InChI=1S/C12H24N2O3/c1-9(2)8-14(4)12(17)13-10(3)6-5-7-11(15)16/h9-10H,5-8H2,1-4H3,(H,13,17)(H,15,16). The maximum Gasteiger partial charge on any atom is 0.317 e. The zero-order valence-corrected chi connectivity index (χ0v) is 11.2. The molecule has 0 fully saturated rings. The van der Waals surface area contributed by atoms with Crippen molar-refractivity contribution in [2.75, 3.05) is 13.6 Å². The highest BCUT2D eigenvalue weighted by Gasteiger charge is 2.12. The van der Waals surface area contributed by atoms with Gasteiger partial charge in [-0.05, 0) is 25.7 Å². The molecule has 0 aliphatic rings. The molecule has 0 spiro atoms. The fourth-order valence-electron chi connectivity index (χ4n) is 1.58. The average molecular weight is 244 g/mol. The molecule has 5 nitrogen and oxygen atoms in total. The minimum Gasteiger partial charge on any atom is -0.481 e. The van der Waals surface area contributed by atoms with Gasteiger partial charge in [0.1, 0.15) is 0 Å². The minimum atomic E-state index is -0.791. The van der Waals surface area contributed by atoms with E-state index in [0.29, 0.717) is 25.3 Å². The Bertz CT molecular complexity index is 254. The molecule has 0 aliphatic heterocycles. The Balaban J connectivity index is 3.82. The largest absolute Gasteiger partial charge is 0.481 e. The van der Waals surface area contributed by atoms with Crippen molar-refractivity contribution in [3.05, 3.63) is 0 Å². The summed E-state index contributed by atoms with van der Waals surface area (Å²) in [5.41, 5.74) is 0. The predicted octanol–water partition coefficient (Wildman–Crippen LogP) is 1.93. The van der Waals surface area contributed by atoms with Crippen molar-refractivity contribution in [1.82, 2.24) is 10.2 Å². The van der Waals surface area contributed by atoms with Crippen molar-refractivity contribution in [3.63, 3.8) is 0 Å². The smallest absolute Gasteiger partial charge is 0.317 e. The third kappa shape index (κ3) is 8.54. The second-order valence-electron chi connectivity index (χ2n) is 4.91. The molecule has 1 atom stereocenters. The maximum absolute atomic E-state index is 11.7. The van der Waals surface area contributed by atoms with Gasteiger partial charge in [0, 0.05) is 26.1 Å². The number of carbonyl (C=O) groups excluding carboxylic acids is 1. The SMILES string of the molecule is CC(C)CN(C)C(=O)NC(C)CCCC(=O)O. The normalized spacial score (nSPS) is 12.3. The van der Waals surface area contributed by atoms with Gasteiger partial charge in [-0.25, -0.2) is 4.79 Å². The topological polar surface area (TPSA) is 69.6 Å². The first-order valence-corrected chi connectivity index (χ1v) is 6.06. The number of carboxylic acids is 1. The molecule has 100 valence electrons. The van der Waals surface area contributed by atoms with Crippen molar-refractivity contribution in [2.24, 2.45) is 5.92 Å². The molecule has 2 N–H and O–H groups in total. The second kappa shape index (κ2) is 7.92. The van der Waals surface area contributed by atoms with E-state index in [9.17, 15) is 9.59 Å². The van der Waals surface area contributed by atoms with Crippen LogP contribution in [0.2, 0.25) is 0 Å². The molecule has 0 aromatic rings. The molecular weight excluding hydrogens is 220 g/mol. The van der Waals surface area contributed by atoms with Crippen LogP contribution in [-0.4, -0.2) is 41.6 Å². The van der Waals surface area contributed by atoms with Crippen LogP contribution < -0.4 is 5.32 Å². The van der Waals surface area contributed by atoms with Gasteiger partial charge in [0.05, 0.1) is 0 Å². The van der Waals surface area contributed by atoms with E-state index in [-0.39, 0.29) is 18.5 Å². The fraction of sp³-hybridized carbons (Fsp3) is 0.833. The Morgan fingerprint density at radius 1 is 1.29 bits per heavy atom. The van der Waals surface area contributed by atoms with Crippen LogP contribution in [0.5, 0.6) is 0 Å². The number of hydrogen-bond acceptors (Lipinski definition) is 2. The number of carboxylic acid groups (broad SMARTS) is 1. The number of nitrogens with one attached hydrogen (secondary N) is 1. The van der Waals surface area contributed by atoms with E-state index in [4.69, 9.17) is 5.11 Å². The summed E-state index contributed by atoms with van der Waals surface area (Å²) in [7, 11) is 1.76.